The van der Waals surface area contributed by atoms with Crippen LogP contribution < -0.4 is 16.4 Å². The topological polar surface area (TPSA) is 157 Å². The Hall–Kier alpha value is -3.99. The van der Waals surface area contributed by atoms with Crippen LogP contribution in [0.15, 0.2) is 67.0 Å². The van der Waals surface area contributed by atoms with Crippen LogP contribution in [-0.2, 0) is 16.0 Å². The molecule has 41 heavy (non-hydrogen) atoms. The predicted octanol–water partition coefficient (Wildman–Crippen LogP) is 3.85. The summed E-state index contributed by atoms with van der Waals surface area (Å²) in [5.74, 6) is -0.0467. The molecule has 2 aromatic carbocycles. The van der Waals surface area contributed by atoms with E-state index in [4.69, 9.17) is 11.5 Å². The van der Waals surface area contributed by atoms with Crippen molar-refractivity contribution in [2.24, 2.45) is 23.3 Å². The molecule has 1 fully saturated rings. The van der Waals surface area contributed by atoms with Crippen LogP contribution in [0, 0.1) is 18.8 Å². The van der Waals surface area contributed by atoms with E-state index in [0.29, 0.717) is 48.8 Å². The number of nitrogens with two attached hydrogens (primary N) is 2. The summed E-state index contributed by atoms with van der Waals surface area (Å²) in [4.78, 5) is 33.1. The first-order chi connectivity index (χ1) is 19.4. The minimum atomic E-state index is -0.896. The molecule has 1 atom stereocenters. The molecule has 2 amide bonds. The van der Waals surface area contributed by atoms with Crippen LogP contribution in [0.1, 0.15) is 36.8 Å². The number of aryl methyl sites for hydroxylation is 1. The van der Waals surface area contributed by atoms with Crippen molar-refractivity contribution in [2.45, 2.75) is 45.1 Å². The van der Waals surface area contributed by atoms with E-state index in [1.165, 1.54) is 4.90 Å². The highest BCUT2D eigenvalue weighted by Gasteiger charge is 2.35. The van der Waals surface area contributed by atoms with E-state index in [-0.39, 0.29) is 24.2 Å². The van der Waals surface area contributed by atoms with Gasteiger partial charge in [0.15, 0.2) is 0 Å². The molecule has 1 saturated carbocycles. The van der Waals surface area contributed by atoms with E-state index in [2.05, 4.69) is 25.6 Å². The summed E-state index contributed by atoms with van der Waals surface area (Å²) >= 11 is 0. The molecule has 0 unspecified atom stereocenters. The molecule has 10 nitrogen and oxygen atoms in total. The van der Waals surface area contributed by atoms with Crippen molar-refractivity contribution < 1.29 is 9.59 Å². The number of carbonyl (C=O) groups is 2. The molecule has 0 bridgehead atoms. The number of halogens is 1. The zero-order chi connectivity index (χ0) is 28.1. The Kier molecular flexibility index (Phi) is 9.93. The van der Waals surface area contributed by atoms with E-state index in [1.54, 1.807) is 30.5 Å². The number of nitrogens with one attached hydrogen (secondary N) is 1. The van der Waals surface area contributed by atoms with Crippen molar-refractivity contribution in [3.8, 4) is 22.5 Å². The second-order valence-corrected chi connectivity index (χ2v) is 10.4. The van der Waals surface area contributed by atoms with E-state index in [1.807, 2.05) is 43.5 Å². The lowest BCUT2D eigenvalue weighted by Crippen LogP contribution is -2.50. The number of aromatic amines is 1. The van der Waals surface area contributed by atoms with Crippen molar-refractivity contribution in [3.05, 3.63) is 78.1 Å². The minimum Gasteiger partial charge on any atom is -0.330 e. The van der Waals surface area contributed by atoms with E-state index < -0.39 is 11.9 Å². The Bertz CT molecular complexity index is 1440. The molecule has 0 saturated heterocycles. The number of benzene rings is 2. The van der Waals surface area contributed by atoms with Gasteiger partial charge in [0.1, 0.15) is 0 Å². The highest BCUT2D eigenvalue weighted by Crippen LogP contribution is 2.32. The van der Waals surface area contributed by atoms with Crippen molar-refractivity contribution >= 4 is 29.9 Å². The van der Waals surface area contributed by atoms with Crippen LogP contribution in [0.3, 0.4) is 0 Å². The third-order valence-corrected chi connectivity index (χ3v) is 7.78. The van der Waals surface area contributed by atoms with Gasteiger partial charge in [-0.15, -0.1) is 22.6 Å². The normalized spacial score (nSPS) is 17.3. The first-order valence-electron chi connectivity index (χ1n) is 13.6. The molecule has 5 N–H and O–H groups in total. The molecule has 5 rings (SSSR count). The Labute approximate surface area is 245 Å². The number of hydrogen-bond acceptors (Lipinski definition) is 8. The fourth-order valence-corrected chi connectivity index (χ4v) is 5.33. The van der Waals surface area contributed by atoms with Gasteiger partial charge in [-0.05, 0) is 104 Å². The van der Waals surface area contributed by atoms with E-state index in [9.17, 15) is 9.59 Å². The number of hydrogen-bond donors (Lipinski definition) is 3. The first kappa shape index (κ1) is 30.0. The highest BCUT2D eigenvalue weighted by molar-refractivity contribution is 6.17. The number of rotatable bonds is 8. The number of tetrazole rings is 1. The third kappa shape index (κ3) is 6.84. The summed E-state index contributed by atoms with van der Waals surface area (Å²) in [5.41, 5.74) is 17.7. The fraction of sp³-hybridized carbons (Fsp3) is 0.333. The van der Waals surface area contributed by atoms with Crippen molar-refractivity contribution in [3.63, 3.8) is 0 Å². The van der Waals surface area contributed by atoms with Gasteiger partial charge in [-0.1, -0.05) is 24.3 Å². The average molecular weight is 575 g/mol. The molecule has 4 aromatic rings. The van der Waals surface area contributed by atoms with Crippen molar-refractivity contribution in [1.29, 1.82) is 0 Å². The van der Waals surface area contributed by atoms with Gasteiger partial charge >= 0.3 is 0 Å². The van der Waals surface area contributed by atoms with Crippen LogP contribution in [0.25, 0.3) is 22.5 Å². The second kappa shape index (κ2) is 13.6. The monoisotopic (exact) mass is 574 g/mol. The summed E-state index contributed by atoms with van der Waals surface area (Å²) in [6, 6.07) is 16.0. The standard InChI is InChI=1S/C30H34N8O2.ClH/c1-19-14-15-33-18-26(19)22-6-2-20(3-7-22)16-27(32)30(40)38(29(39)24-8-4-21(17-31)5-9-24)25-12-10-23(11-13-25)28-34-36-37-35-28;/h2-3,6-7,10-15,18,21,24,27H,4-5,8-9,16-17,31-32H2,1H3,(H,34,35,36,37);1H/t21?,24?,27-;/m0./s1. The molecule has 1 aliphatic rings. The Morgan fingerprint density at radius 1 is 1.00 bits per heavy atom. The largest absolute Gasteiger partial charge is 0.330 e. The molecule has 0 spiro atoms. The number of pyridine rings is 1. The van der Waals surface area contributed by atoms with Crippen molar-refractivity contribution in [2.75, 3.05) is 11.4 Å². The number of anilines is 1. The predicted molar refractivity (Wildman–Crippen MR) is 160 cm³/mol. The van der Waals surface area contributed by atoms with Gasteiger partial charge < -0.3 is 11.5 Å². The molecule has 2 heterocycles. The summed E-state index contributed by atoms with van der Waals surface area (Å²) in [5, 5.41) is 14.0. The number of H-pyrrole nitrogens is 1. The van der Waals surface area contributed by atoms with Gasteiger partial charge in [-0.3, -0.25) is 14.6 Å². The van der Waals surface area contributed by atoms with Gasteiger partial charge in [0.05, 0.1) is 11.7 Å². The molecule has 214 valence electrons. The quantitative estimate of drug-likeness (QED) is 0.286. The van der Waals surface area contributed by atoms with Gasteiger partial charge in [-0.2, -0.15) is 5.21 Å². The maximum Gasteiger partial charge on any atom is 0.251 e. The lowest BCUT2D eigenvalue weighted by atomic mass is 9.81. The lowest BCUT2D eigenvalue weighted by molar-refractivity contribution is -0.130. The number of imide groups is 1. The third-order valence-electron chi connectivity index (χ3n) is 7.78. The van der Waals surface area contributed by atoms with Crippen LogP contribution >= 0.6 is 12.4 Å². The first-order valence-corrected chi connectivity index (χ1v) is 13.6. The van der Waals surface area contributed by atoms with Crippen LogP contribution in [0.2, 0.25) is 0 Å². The SMILES string of the molecule is Cc1ccncc1-c1ccc(C[C@H](N)C(=O)N(C(=O)C2CCC(CN)CC2)c2ccc(-c3nn[nH]n3)cc2)cc1.Cl. The second-order valence-electron chi connectivity index (χ2n) is 10.4. The van der Waals surface area contributed by atoms with Gasteiger partial charge in [0.25, 0.3) is 5.91 Å². The summed E-state index contributed by atoms with van der Waals surface area (Å²) in [7, 11) is 0. The average Bonchev–Trinajstić information content (AvgIpc) is 3.53. The molecule has 1 aliphatic carbocycles. The number of nitrogens with zero attached hydrogens (tertiary/aromatic N) is 5. The van der Waals surface area contributed by atoms with Crippen LogP contribution in [0.5, 0.6) is 0 Å². The molecular weight excluding hydrogens is 540 g/mol. The Morgan fingerprint density at radius 3 is 2.29 bits per heavy atom. The molecule has 2 aromatic heterocycles. The lowest BCUT2D eigenvalue weighted by Gasteiger charge is -2.32. The van der Waals surface area contributed by atoms with Gasteiger partial charge in [0.2, 0.25) is 11.7 Å². The van der Waals surface area contributed by atoms with Gasteiger partial charge in [0, 0.05) is 29.4 Å². The smallest absolute Gasteiger partial charge is 0.251 e. The number of carbonyl (C=O) groups excluding carboxylic acids is 2. The zero-order valence-corrected chi connectivity index (χ0v) is 23.8. The zero-order valence-electron chi connectivity index (χ0n) is 22.9. The summed E-state index contributed by atoms with van der Waals surface area (Å²) < 4.78 is 0. The Balaban J connectivity index is 0.00000387. The molecule has 0 aliphatic heterocycles. The maximum absolute atomic E-state index is 13.8. The highest BCUT2D eigenvalue weighted by atomic mass is 35.5. The Morgan fingerprint density at radius 2 is 1.68 bits per heavy atom. The fourth-order valence-electron chi connectivity index (χ4n) is 5.33. The van der Waals surface area contributed by atoms with Crippen LogP contribution in [-0.4, -0.2) is 50.0 Å². The van der Waals surface area contributed by atoms with Crippen molar-refractivity contribution in [1.82, 2.24) is 25.6 Å². The summed E-state index contributed by atoms with van der Waals surface area (Å²) in [6.45, 7) is 2.66. The minimum absolute atomic E-state index is 0. The van der Waals surface area contributed by atoms with E-state index >= 15 is 0 Å². The van der Waals surface area contributed by atoms with E-state index in [0.717, 1.165) is 35.1 Å². The summed E-state index contributed by atoms with van der Waals surface area (Å²) in [6.07, 6.45) is 7.07. The molecule has 0 radical (unpaired) electrons. The number of aromatic nitrogens is 5. The molecular formula is C30H35ClN8O2. The maximum atomic E-state index is 13.8. The van der Waals surface area contributed by atoms with Crippen LogP contribution in [0.4, 0.5) is 5.69 Å². The number of amides is 2. The van der Waals surface area contributed by atoms with Gasteiger partial charge in [-0.25, -0.2) is 4.90 Å². The molecule has 11 heteroatoms.